The highest BCUT2D eigenvalue weighted by Gasteiger charge is 2.11. The topological polar surface area (TPSA) is 100 Å². The molecule has 0 bridgehead atoms. The van der Waals surface area contributed by atoms with Gasteiger partial charge in [0.05, 0.1) is 28.8 Å². The molecule has 0 radical (unpaired) electrons. The van der Waals surface area contributed by atoms with Crippen LogP contribution in [0.2, 0.25) is 0 Å². The summed E-state index contributed by atoms with van der Waals surface area (Å²) in [6.45, 7) is 2.83. The Kier molecular flexibility index (Phi) is 5.20. The minimum atomic E-state index is -0.310. The Balaban J connectivity index is 0.00000225. The third-order valence-corrected chi connectivity index (χ3v) is 4.25. The number of hydrogen-bond donors (Lipinski definition) is 1. The number of aromatic nitrogens is 5. The van der Waals surface area contributed by atoms with Crippen LogP contribution >= 0.6 is 12.4 Å². The van der Waals surface area contributed by atoms with Gasteiger partial charge in [-0.25, -0.2) is 4.98 Å². The van der Waals surface area contributed by atoms with Gasteiger partial charge in [-0.05, 0) is 19.1 Å². The van der Waals surface area contributed by atoms with E-state index in [2.05, 4.69) is 21.1 Å². The molecule has 4 rings (SSSR count). The molecule has 0 saturated heterocycles. The van der Waals surface area contributed by atoms with E-state index in [-0.39, 0.29) is 30.5 Å². The second-order valence-corrected chi connectivity index (χ2v) is 5.86. The molecule has 0 spiro atoms. The van der Waals surface area contributed by atoms with Gasteiger partial charge in [0.25, 0.3) is 5.56 Å². The number of benzene rings is 1. The Morgan fingerprint density at radius 2 is 2.11 bits per heavy atom. The van der Waals surface area contributed by atoms with Crippen LogP contribution in [-0.2, 0) is 11.3 Å². The summed E-state index contributed by atoms with van der Waals surface area (Å²) in [5.74, 6) is 2.42. The predicted molar refractivity (Wildman–Crippen MR) is 109 cm³/mol. The highest BCUT2D eigenvalue weighted by Crippen LogP contribution is 2.22. The summed E-state index contributed by atoms with van der Waals surface area (Å²) in [6, 6.07) is 7.26. The van der Waals surface area contributed by atoms with Crippen LogP contribution in [0.5, 0.6) is 0 Å². The molecule has 0 amide bonds. The fraction of sp³-hybridized carbons (Fsp3) is 0.158. The molecule has 0 fully saturated rings. The average molecular weight is 397 g/mol. The number of rotatable bonds is 4. The first-order valence-corrected chi connectivity index (χ1v) is 8.33. The van der Waals surface area contributed by atoms with Gasteiger partial charge in [-0.1, -0.05) is 12.0 Å². The molecule has 0 saturated carbocycles. The van der Waals surface area contributed by atoms with E-state index in [0.717, 1.165) is 23.0 Å². The van der Waals surface area contributed by atoms with Crippen LogP contribution in [0.1, 0.15) is 6.92 Å². The first kappa shape index (κ1) is 19.2. The molecule has 0 aliphatic rings. The molecule has 8 nitrogen and oxygen atoms in total. The van der Waals surface area contributed by atoms with E-state index in [1.54, 1.807) is 6.20 Å². The van der Waals surface area contributed by atoms with Crippen LogP contribution in [0, 0.1) is 12.3 Å². The number of hydrogen-bond acceptors (Lipinski definition) is 6. The number of aryl methyl sites for hydroxylation is 1. The van der Waals surface area contributed by atoms with E-state index in [4.69, 9.17) is 16.9 Å². The minimum absolute atomic E-state index is 0. The summed E-state index contributed by atoms with van der Waals surface area (Å²) in [7, 11) is 0. The van der Waals surface area contributed by atoms with Crippen molar-refractivity contribution in [2.24, 2.45) is 5.73 Å². The van der Waals surface area contributed by atoms with E-state index in [9.17, 15) is 4.79 Å². The van der Waals surface area contributed by atoms with E-state index in [1.807, 2.05) is 29.8 Å². The minimum Gasteiger partial charge on any atom is -0.466 e. The highest BCUT2D eigenvalue weighted by atomic mass is 35.5. The maximum absolute atomic E-state index is 12.5. The van der Waals surface area contributed by atoms with Crippen LogP contribution in [0.4, 0.5) is 0 Å². The number of fused-ring (bicyclic) bond motifs is 2. The quantitative estimate of drug-likeness (QED) is 0.515. The molecule has 0 aliphatic carbocycles. The van der Waals surface area contributed by atoms with Crippen LogP contribution < -0.4 is 16.5 Å². The third kappa shape index (κ3) is 3.12. The highest BCUT2D eigenvalue weighted by molar-refractivity contribution is 5.85. The van der Waals surface area contributed by atoms with Gasteiger partial charge in [0, 0.05) is 23.6 Å². The number of nitrogens with zero attached hydrogens (tertiary/aromatic N) is 5. The Hall–Kier alpha value is -3.57. The lowest BCUT2D eigenvalue weighted by atomic mass is 10.1. The fourth-order valence-electron chi connectivity index (χ4n) is 2.95. The molecule has 0 unspecified atom stereocenters. The van der Waals surface area contributed by atoms with Gasteiger partial charge in [-0.2, -0.15) is 14.7 Å². The maximum atomic E-state index is 12.5. The Morgan fingerprint density at radius 3 is 2.86 bits per heavy atom. The zero-order chi connectivity index (χ0) is 19.0. The first-order valence-electron chi connectivity index (χ1n) is 8.33. The van der Waals surface area contributed by atoms with Gasteiger partial charge in [-0.15, -0.1) is 18.8 Å². The number of terminal acetylenes is 1. The molecule has 0 aliphatic heterocycles. The van der Waals surface area contributed by atoms with Crippen molar-refractivity contribution in [1.82, 2.24) is 24.4 Å². The predicted octanol–water partition coefficient (Wildman–Crippen LogP) is 0.941. The van der Waals surface area contributed by atoms with Crippen molar-refractivity contribution in [3.8, 4) is 23.6 Å². The molecule has 3 heterocycles. The zero-order valence-electron chi connectivity index (χ0n) is 15.0. The van der Waals surface area contributed by atoms with Crippen LogP contribution in [0.25, 0.3) is 33.7 Å². The van der Waals surface area contributed by atoms with Gasteiger partial charge in [0.2, 0.25) is 0 Å². The van der Waals surface area contributed by atoms with Gasteiger partial charge in [0.15, 0.2) is 11.5 Å². The van der Waals surface area contributed by atoms with Crippen molar-refractivity contribution >= 4 is 34.8 Å². The maximum Gasteiger partial charge on any atom is 0.275 e. The molecule has 1 aromatic carbocycles. The first-order chi connectivity index (χ1) is 13.1. The smallest absolute Gasteiger partial charge is 0.275 e. The summed E-state index contributed by atoms with van der Waals surface area (Å²) < 4.78 is 8.34. The number of ether oxygens (including phenoxy) is 1. The normalized spacial score (nSPS) is 11.9. The molecule has 4 aromatic rings. The third-order valence-electron chi connectivity index (χ3n) is 4.25. The second-order valence-electron chi connectivity index (χ2n) is 5.86. The summed E-state index contributed by atoms with van der Waals surface area (Å²) in [6.07, 6.45) is 8.42. The molecule has 2 N–H and O–H groups in total. The average Bonchev–Trinajstić information content (AvgIpc) is 3.29. The Labute approximate surface area is 166 Å². The Morgan fingerprint density at radius 1 is 1.29 bits per heavy atom. The van der Waals surface area contributed by atoms with Gasteiger partial charge in [-0.3, -0.25) is 9.48 Å². The van der Waals surface area contributed by atoms with Crippen molar-refractivity contribution in [2.45, 2.75) is 13.5 Å². The zero-order valence-corrected chi connectivity index (χ0v) is 15.8. The summed E-state index contributed by atoms with van der Waals surface area (Å²) in [5, 5.41) is 9.78. The van der Waals surface area contributed by atoms with E-state index >= 15 is 0 Å². The van der Waals surface area contributed by atoms with E-state index in [1.165, 1.54) is 16.8 Å². The van der Waals surface area contributed by atoms with Crippen molar-refractivity contribution in [1.29, 1.82) is 0 Å². The van der Waals surface area contributed by atoms with Gasteiger partial charge in [0.1, 0.15) is 6.61 Å². The Bertz CT molecular complexity index is 1320. The van der Waals surface area contributed by atoms with Gasteiger partial charge < -0.3 is 10.5 Å². The molecule has 28 heavy (non-hydrogen) atoms. The lowest BCUT2D eigenvalue weighted by Gasteiger charge is -2.04. The van der Waals surface area contributed by atoms with E-state index in [0.29, 0.717) is 16.6 Å². The molecule has 9 heteroatoms. The molecule has 142 valence electrons. The van der Waals surface area contributed by atoms with Crippen molar-refractivity contribution in [2.75, 3.05) is 6.61 Å². The molecular formula is C19H17ClN6O2. The standard InChI is InChI=1S/C19H16N6O2.ClH/c1-3-7-27-18(20)14-11-22-25-17(26)9-15(23-19(14)25)12-5-6-16-13(8-12)10-21-24(16)4-2;/h1,5-6,8-11H,4,7,20H2,2H3;1H. The van der Waals surface area contributed by atoms with E-state index < -0.39 is 0 Å². The molecule has 3 aromatic heterocycles. The van der Waals surface area contributed by atoms with Crippen LogP contribution in [0.3, 0.4) is 0 Å². The monoisotopic (exact) mass is 396 g/mol. The van der Waals surface area contributed by atoms with Crippen molar-refractivity contribution in [3.63, 3.8) is 0 Å². The van der Waals surface area contributed by atoms with Gasteiger partial charge >= 0.3 is 0 Å². The molecule has 0 atom stereocenters. The number of nitrogens with two attached hydrogens (primary N) is 1. The second kappa shape index (κ2) is 7.58. The summed E-state index contributed by atoms with van der Waals surface area (Å²) in [4.78, 5) is 17.0. The largest absolute Gasteiger partial charge is 0.466 e. The SMILES string of the molecule is C#CCOC(N)=c1cnn2c(=O)cc(-c3ccc4c(cnn4CC)c3)nc12.Cl. The summed E-state index contributed by atoms with van der Waals surface area (Å²) in [5.41, 5.74) is 8.26. The van der Waals surface area contributed by atoms with Crippen LogP contribution in [-0.4, -0.2) is 31.0 Å². The lowest BCUT2D eigenvalue weighted by molar-refractivity contribution is 0.315. The molecular weight excluding hydrogens is 380 g/mol. The van der Waals surface area contributed by atoms with Crippen molar-refractivity contribution < 1.29 is 4.74 Å². The lowest BCUT2D eigenvalue weighted by Crippen LogP contribution is -2.20. The number of halogens is 1. The van der Waals surface area contributed by atoms with Crippen molar-refractivity contribution in [3.05, 3.63) is 52.2 Å². The summed E-state index contributed by atoms with van der Waals surface area (Å²) >= 11 is 0. The fourth-order valence-corrected chi connectivity index (χ4v) is 2.95. The van der Waals surface area contributed by atoms with Crippen LogP contribution in [0.15, 0.2) is 41.5 Å².